The molecule has 1 aromatic carbocycles. The van der Waals surface area contributed by atoms with Crippen LogP contribution in [0.3, 0.4) is 0 Å². The van der Waals surface area contributed by atoms with Gasteiger partial charge in [0.2, 0.25) is 0 Å². The predicted octanol–water partition coefficient (Wildman–Crippen LogP) is 4.10. The summed E-state index contributed by atoms with van der Waals surface area (Å²) in [5.41, 5.74) is 1.92. The second-order valence-corrected chi connectivity index (χ2v) is 6.48. The van der Waals surface area contributed by atoms with Crippen LogP contribution in [-0.4, -0.2) is 21.6 Å². The van der Waals surface area contributed by atoms with Crippen LogP contribution < -0.4 is 0 Å². The highest BCUT2D eigenvalue weighted by Gasteiger charge is 2.41. The van der Waals surface area contributed by atoms with E-state index in [9.17, 15) is 14.9 Å². The smallest absolute Gasteiger partial charge is 0.326 e. The average molecular weight is 380 g/mol. The lowest BCUT2D eigenvalue weighted by atomic mass is 9.96. The van der Waals surface area contributed by atoms with Gasteiger partial charge in [-0.1, -0.05) is 24.4 Å². The van der Waals surface area contributed by atoms with Crippen molar-refractivity contribution in [3.63, 3.8) is 0 Å². The third kappa shape index (κ3) is 3.11. The fraction of sp³-hybridized carbons (Fsp3) is 0.105. The van der Waals surface area contributed by atoms with Gasteiger partial charge in [0.1, 0.15) is 28.2 Å². The van der Waals surface area contributed by atoms with Crippen molar-refractivity contribution in [2.24, 2.45) is 10.9 Å². The van der Waals surface area contributed by atoms with Crippen LogP contribution >= 0.6 is 12.2 Å². The Morgan fingerprint density at radius 1 is 1.30 bits per heavy atom. The molecule has 7 nitrogen and oxygen atoms in total. The van der Waals surface area contributed by atoms with Crippen molar-refractivity contribution in [2.45, 2.75) is 6.92 Å². The van der Waals surface area contributed by atoms with Gasteiger partial charge in [-0.2, -0.15) is 0 Å². The molecule has 134 valence electrons. The number of cyclic esters (lactones) is 1. The van der Waals surface area contributed by atoms with Crippen molar-refractivity contribution in [1.29, 1.82) is 0 Å². The molecule has 0 radical (unpaired) electrons. The number of rotatable bonds is 3. The van der Waals surface area contributed by atoms with Crippen molar-refractivity contribution in [1.82, 2.24) is 0 Å². The van der Waals surface area contributed by atoms with Gasteiger partial charge in [-0.15, -0.1) is 0 Å². The number of thiocarbonyl (C=S) groups is 1. The number of carbonyl (C=O) groups excluding carboxylic acids is 1. The van der Waals surface area contributed by atoms with E-state index in [1.54, 1.807) is 43.3 Å². The normalized spacial score (nSPS) is 20.2. The molecule has 27 heavy (non-hydrogen) atoms. The molecular weight excluding hydrogens is 368 g/mol. The second-order valence-electron chi connectivity index (χ2n) is 6.06. The van der Waals surface area contributed by atoms with Gasteiger partial charge >= 0.3 is 5.97 Å². The number of allylic oxidation sites excluding steroid dienone is 2. The van der Waals surface area contributed by atoms with E-state index < -0.39 is 16.8 Å². The summed E-state index contributed by atoms with van der Waals surface area (Å²) < 4.78 is 11.1. The Morgan fingerprint density at radius 3 is 2.89 bits per heavy atom. The highest BCUT2D eigenvalue weighted by atomic mass is 32.1. The zero-order valence-electron chi connectivity index (χ0n) is 14.0. The highest BCUT2D eigenvalue weighted by Crippen LogP contribution is 2.36. The van der Waals surface area contributed by atoms with E-state index in [0.717, 1.165) is 0 Å². The number of furan rings is 1. The van der Waals surface area contributed by atoms with E-state index in [1.807, 2.05) is 0 Å². The van der Waals surface area contributed by atoms with E-state index in [1.165, 1.54) is 12.1 Å². The number of esters is 1. The molecule has 1 fully saturated rings. The summed E-state index contributed by atoms with van der Waals surface area (Å²) in [5.74, 6) is 0.158. The Hall–Kier alpha value is -3.39. The predicted molar refractivity (Wildman–Crippen MR) is 102 cm³/mol. The number of benzene rings is 1. The molecule has 0 N–H and O–H groups in total. The molecule has 1 atom stereocenters. The number of aliphatic imine (C=N–C) groups is 1. The number of ether oxygens (including phenoxy) is 1. The average Bonchev–Trinajstić information content (AvgIpc) is 3.20. The van der Waals surface area contributed by atoms with E-state index in [4.69, 9.17) is 21.4 Å². The number of fused-ring (bicyclic) bond motifs is 1. The van der Waals surface area contributed by atoms with Crippen LogP contribution in [0.1, 0.15) is 12.7 Å². The van der Waals surface area contributed by atoms with Crippen molar-refractivity contribution >= 4 is 40.7 Å². The molecule has 0 spiro atoms. The van der Waals surface area contributed by atoms with Gasteiger partial charge in [0.25, 0.3) is 5.69 Å². The quantitative estimate of drug-likeness (QED) is 0.344. The summed E-state index contributed by atoms with van der Waals surface area (Å²) in [6.45, 7) is 1.79. The van der Waals surface area contributed by atoms with Crippen LogP contribution in [0.5, 0.6) is 0 Å². The van der Waals surface area contributed by atoms with Crippen molar-refractivity contribution in [3.8, 4) is 11.3 Å². The molecule has 2 aliphatic heterocycles. The van der Waals surface area contributed by atoms with Gasteiger partial charge in [0, 0.05) is 35.1 Å². The Labute approximate surface area is 158 Å². The number of nitrogens with zero attached hydrogens (tertiary/aromatic N) is 2. The number of dihydropyridines is 1. The molecule has 2 aliphatic rings. The fourth-order valence-electron chi connectivity index (χ4n) is 2.98. The van der Waals surface area contributed by atoms with Gasteiger partial charge < -0.3 is 9.15 Å². The summed E-state index contributed by atoms with van der Waals surface area (Å²) >= 11 is 5.18. The summed E-state index contributed by atoms with van der Waals surface area (Å²) in [5, 5.41) is 10.9. The molecule has 8 heteroatoms. The number of hydrogen-bond donors (Lipinski definition) is 0. The first-order valence-corrected chi connectivity index (χ1v) is 8.42. The lowest BCUT2D eigenvalue weighted by Crippen LogP contribution is -2.21. The fourth-order valence-corrected chi connectivity index (χ4v) is 3.35. The summed E-state index contributed by atoms with van der Waals surface area (Å²) in [4.78, 5) is 27.0. The maximum atomic E-state index is 12.1. The molecule has 1 aromatic heterocycles. The number of hydrogen-bond acceptors (Lipinski definition) is 6. The minimum atomic E-state index is -0.666. The summed E-state index contributed by atoms with van der Waals surface area (Å²) in [6.07, 6.45) is 3.37. The summed E-state index contributed by atoms with van der Waals surface area (Å²) in [7, 11) is 0. The third-order valence-electron chi connectivity index (χ3n) is 4.18. The summed E-state index contributed by atoms with van der Waals surface area (Å²) in [6, 6.07) is 9.56. The minimum Gasteiger partial charge on any atom is -0.457 e. The first kappa shape index (κ1) is 17.0. The van der Waals surface area contributed by atoms with E-state index in [-0.39, 0.29) is 10.7 Å². The highest BCUT2D eigenvalue weighted by molar-refractivity contribution is 7.80. The van der Waals surface area contributed by atoms with Crippen LogP contribution in [0.4, 0.5) is 5.69 Å². The molecule has 0 saturated carbocycles. The number of nitro benzene ring substituents is 1. The van der Waals surface area contributed by atoms with Crippen LogP contribution in [0.2, 0.25) is 0 Å². The van der Waals surface area contributed by atoms with Crippen molar-refractivity contribution in [2.75, 3.05) is 0 Å². The molecule has 1 saturated heterocycles. The Morgan fingerprint density at radius 2 is 2.11 bits per heavy atom. The Balaban J connectivity index is 1.67. The topological polar surface area (TPSA) is 94.9 Å². The maximum Gasteiger partial charge on any atom is 0.326 e. The van der Waals surface area contributed by atoms with Gasteiger partial charge in [-0.3, -0.25) is 14.9 Å². The van der Waals surface area contributed by atoms with Gasteiger partial charge in [0.05, 0.1) is 4.92 Å². The maximum absolute atomic E-state index is 12.1. The minimum absolute atomic E-state index is 0.0213. The molecule has 0 bridgehead atoms. The lowest BCUT2D eigenvalue weighted by Gasteiger charge is -2.11. The van der Waals surface area contributed by atoms with Gasteiger partial charge in [-0.05, 0) is 25.1 Å². The molecular formula is C19H12N2O5S. The monoisotopic (exact) mass is 380 g/mol. The first-order chi connectivity index (χ1) is 12.9. The standard InChI is InChI=1S/C19H12N2O5S/c1-10-7-14-16(26-19(22)17(14)18(27)20-10)9-13-5-6-15(25-13)11-3-2-4-12(8-11)21(23)24/h2-9,17H,1H3/b16-9+/t17-/m0/s1. The Bertz CT molecular complexity index is 1090. The SMILES string of the molecule is CC1=NC(=S)[C@H]2C(=O)O/C(=C/c3ccc(-c4cccc([N+](=O)[O-])c4)o3)C2=C1. The van der Waals surface area contributed by atoms with E-state index in [2.05, 4.69) is 4.99 Å². The second kappa shape index (κ2) is 6.40. The number of nitro groups is 1. The lowest BCUT2D eigenvalue weighted by molar-refractivity contribution is -0.384. The molecule has 0 amide bonds. The van der Waals surface area contributed by atoms with Crippen LogP contribution in [0.15, 0.2) is 63.2 Å². The van der Waals surface area contributed by atoms with Gasteiger partial charge in [-0.25, -0.2) is 4.99 Å². The van der Waals surface area contributed by atoms with Crippen LogP contribution in [0.25, 0.3) is 17.4 Å². The van der Waals surface area contributed by atoms with Crippen LogP contribution in [-0.2, 0) is 9.53 Å². The Kier molecular flexibility index (Phi) is 4.04. The zero-order chi connectivity index (χ0) is 19.1. The van der Waals surface area contributed by atoms with Crippen molar-refractivity contribution < 1.29 is 18.9 Å². The largest absolute Gasteiger partial charge is 0.457 e. The van der Waals surface area contributed by atoms with Crippen LogP contribution in [0, 0.1) is 16.0 Å². The number of carbonyl (C=O) groups is 1. The number of non-ortho nitro benzene ring substituents is 1. The first-order valence-electron chi connectivity index (χ1n) is 8.01. The molecule has 0 unspecified atom stereocenters. The zero-order valence-corrected chi connectivity index (χ0v) is 14.9. The molecule has 4 rings (SSSR count). The van der Waals surface area contributed by atoms with E-state index >= 15 is 0 Å². The molecule has 2 aromatic rings. The molecule has 0 aliphatic carbocycles. The van der Waals surface area contributed by atoms with E-state index in [0.29, 0.717) is 34.1 Å². The third-order valence-corrected chi connectivity index (χ3v) is 4.51. The molecule has 3 heterocycles. The van der Waals surface area contributed by atoms with Crippen molar-refractivity contribution in [3.05, 3.63) is 69.7 Å². The van der Waals surface area contributed by atoms with Gasteiger partial charge in [0.15, 0.2) is 0 Å².